The minimum Gasteiger partial charge on any atom is -0.493 e. The maximum atomic E-state index is 5.76. The van der Waals surface area contributed by atoms with E-state index in [1.54, 1.807) is 0 Å². The highest BCUT2D eigenvalue weighted by molar-refractivity contribution is 5.38. The van der Waals surface area contributed by atoms with Gasteiger partial charge >= 0.3 is 0 Å². The maximum Gasteiger partial charge on any atom is 0.122 e. The average Bonchev–Trinajstić information content (AvgIpc) is 2.61. The number of para-hydroxylation sites is 1. The van der Waals surface area contributed by atoms with Crippen LogP contribution in [0.4, 0.5) is 0 Å². The van der Waals surface area contributed by atoms with Gasteiger partial charge in [0.15, 0.2) is 0 Å². The number of rotatable bonds is 0. The highest BCUT2D eigenvalue weighted by Crippen LogP contribution is 2.38. The molecule has 2 heteroatoms. The van der Waals surface area contributed by atoms with Crippen molar-refractivity contribution in [1.82, 2.24) is 5.32 Å². The Kier molecular flexibility index (Phi) is 1.95. The van der Waals surface area contributed by atoms with E-state index < -0.39 is 0 Å². The van der Waals surface area contributed by atoms with Gasteiger partial charge in [-0.2, -0.15) is 0 Å². The van der Waals surface area contributed by atoms with Crippen LogP contribution in [0.3, 0.4) is 0 Å². The fraction of sp³-hybridized carbons (Fsp3) is 0.500. The first-order valence-corrected chi connectivity index (χ1v) is 5.37. The molecule has 1 N–H and O–H groups in total. The van der Waals surface area contributed by atoms with Gasteiger partial charge in [0, 0.05) is 12.5 Å². The number of ether oxygens (including phenoxy) is 1. The Morgan fingerprint density at radius 2 is 2.14 bits per heavy atom. The second kappa shape index (κ2) is 3.28. The zero-order chi connectivity index (χ0) is 9.38. The molecule has 1 saturated heterocycles. The molecular weight excluding hydrogens is 174 g/mol. The van der Waals surface area contributed by atoms with Crippen LogP contribution in [0.15, 0.2) is 24.3 Å². The predicted octanol–water partition coefficient (Wildman–Crippen LogP) is 1.77. The zero-order valence-corrected chi connectivity index (χ0v) is 8.20. The minimum atomic E-state index is 0.675. The minimum absolute atomic E-state index is 0.675. The standard InChI is InChI=1S/C12H15NO/c1-2-4-12-10(3-1)11-8-13-7-9(11)5-6-14-12/h1-4,9,11,13H,5-8H2/t9?,11-/m1/s1. The van der Waals surface area contributed by atoms with Crippen LogP contribution in [0.1, 0.15) is 17.9 Å². The Labute approximate surface area is 84.3 Å². The van der Waals surface area contributed by atoms with Crippen LogP contribution in [0.5, 0.6) is 5.75 Å². The van der Waals surface area contributed by atoms with Crippen LogP contribution in [-0.2, 0) is 0 Å². The van der Waals surface area contributed by atoms with E-state index in [1.165, 1.54) is 12.0 Å². The molecule has 1 unspecified atom stereocenters. The summed E-state index contributed by atoms with van der Waals surface area (Å²) >= 11 is 0. The second-order valence-corrected chi connectivity index (χ2v) is 4.20. The SMILES string of the molecule is c1ccc2c(c1)OCCC1CNC[C@@H]21. The first-order valence-electron chi connectivity index (χ1n) is 5.37. The molecule has 2 heterocycles. The molecule has 1 aromatic rings. The van der Waals surface area contributed by atoms with Gasteiger partial charge in [-0.25, -0.2) is 0 Å². The lowest BCUT2D eigenvalue weighted by Gasteiger charge is -2.15. The quantitative estimate of drug-likeness (QED) is 0.671. The van der Waals surface area contributed by atoms with Crippen molar-refractivity contribution < 1.29 is 4.74 Å². The van der Waals surface area contributed by atoms with E-state index in [2.05, 4.69) is 29.6 Å². The molecule has 2 aliphatic rings. The summed E-state index contributed by atoms with van der Waals surface area (Å²) in [6.45, 7) is 3.15. The van der Waals surface area contributed by atoms with Gasteiger partial charge in [0.05, 0.1) is 6.61 Å². The number of benzene rings is 1. The molecule has 2 atom stereocenters. The van der Waals surface area contributed by atoms with Gasteiger partial charge < -0.3 is 10.1 Å². The maximum absolute atomic E-state index is 5.76. The molecule has 0 bridgehead atoms. The van der Waals surface area contributed by atoms with Crippen molar-refractivity contribution in [1.29, 1.82) is 0 Å². The van der Waals surface area contributed by atoms with Gasteiger partial charge in [0.25, 0.3) is 0 Å². The third-order valence-corrected chi connectivity index (χ3v) is 3.40. The summed E-state index contributed by atoms with van der Waals surface area (Å²) in [4.78, 5) is 0. The summed E-state index contributed by atoms with van der Waals surface area (Å²) in [5.41, 5.74) is 1.40. The monoisotopic (exact) mass is 189 g/mol. The van der Waals surface area contributed by atoms with Crippen molar-refractivity contribution in [3.05, 3.63) is 29.8 Å². The van der Waals surface area contributed by atoms with Gasteiger partial charge in [-0.05, 0) is 30.5 Å². The highest BCUT2D eigenvalue weighted by atomic mass is 16.5. The lowest BCUT2D eigenvalue weighted by molar-refractivity contribution is 0.296. The molecule has 1 fully saturated rings. The molecule has 0 saturated carbocycles. The predicted molar refractivity (Wildman–Crippen MR) is 55.7 cm³/mol. The van der Waals surface area contributed by atoms with E-state index in [9.17, 15) is 0 Å². The third-order valence-electron chi connectivity index (χ3n) is 3.40. The lowest BCUT2D eigenvalue weighted by Crippen LogP contribution is -2.11. The number of hydrogen-bond donors (Lipinski definition) is 1. The molecule has 0 aliphatic carbocycles. The first-order chi connectivity index (χ1) is 6.95. The van der Waals surface area contributed by atoms with Crippen LogP contribution >= 0.6 is 0 Å². The Hall–Kier alpha value is -1.02. The van der Waals surface area contributed by atoms with Crippen LogP contribution < -0.4 is 10.1 Å². The Morgan fingerprint density at radius 1 is 1.21 bits per heavy atom. The molecule has 74 valence electrons. The Bertz CT molecular complexity index is 337. The molecule has 0 aromatic heterocycles. The molecule has 3 rings (SSSR count). The van der Waals surface area contributed by atoms with E-state index in [1.807, 2.05) is 0 Å². The molecular formula is C12H15NO. The van der Waals surface area contributed by atoms with Crippen LogP contribution in [0, 0.1) is 5.92 Å². The highest BCUT2D eigenvalue weighted by Gasteiger charge is 2.32. The van der Waals surface area contributed by atoms with Crippen LogP contribution in [-0.4, -0.2) is 19.7 Å². The van der Waals surface area contributed by atoms with Gasteiger partial charge in [-0.3, -0.25) is 0 Å². The number of nitrogens with one attached hydrogen (secondary N) is 1. The fourth-order valence-electron chi connectivity index (χ4n) is 2.64. The van der Waals surface area contributed by atoms with E-state index in [4.69, 9.17) is 4.74 Å². The summed E-state index contributed by atoms with van der Waals surface area (Å²) < 4.78 is 5.76. The summed E-state index contributed by atoms with van der Waals surface area (Å²) in [5.74, 6) is 2.55. The summed E-state index contributed by atoms with van der Waals surface area (Å²) in [6, 6.07) is 8.48. The van der Waals surface area contributed by atoms with Gasteiger partial charge in [-0.1, -0.05) is 18.2 Å². The van der Waals surface area contributed by atoms with Crippen LogP contribution in [0.2, 0.25) is 0 Å². The van der Waals surface area contributed by atoms with Crippen molar-refractivity contribution in [3.8, 4) is 5.75 Å². The zero-order valence-electron chi connectivity index (χ0n) is 8.20. The van der Waals surface area contributed by atoms with Crippen molar-refractivity contribution >= 4 is 0 Å². The average molecular weight is 189 g/mol. The second-order valence-electron chi connectivity index (χ2n) is 4.20. The first kappa shape index (κ1) is 8.30. The van der Waals surface area contributed by atoms with E-state index in [0.29, 0.717) is 5.92 Å². The Balaban J connectivity index is 2.04. The van der Waals surface area contributed by atoms with Gasteiger partial charge in [-0.15, -0.1) is 0 Å². The smallest absolute Gasteiger partial charge is 0.122 e. The molecule has 0 radical (unpaired) electrons. The molecule has 2 nitrogen and oxygen atoms in total. The molecule has 14 heavy (non-hydrogen) atoms. The van der Waals surface area contributed by atoms with E-state index in [-0.39, 0.29) is 0 Å². The van der Waals surface area contributed by atoms with Gasteiger partial charge in [0.1, 0.15) is 5.75 Å². The van der Waals surface area contributed by atoms with Crippen molar-refractivity contribution in [2.45, 2.75) is 12.3 Å². The normalized spacial score (nSPS) is 30.0. The van der Waals surface area contributed by atoms with Crippen LogP contribution in [0.25, 0.3) is 0 Å². The Morgan fingerprint density at radius 3 is 3.14 bits per heavy atom. The van der Waals surface area contributed by atoms with E-state index in [0.717, 1.165) is 31.4 Å². The number of hydrogen-bond acceptors (Lipinski definition) is 2. The summed E-state index contributed by atoms with van der Waals surface area (Å²) in [5, 5.41) is 3.48. The van der Waals surface area contributed by atoms with Crippen molar-refractivity contribution in [3.63, 3.8) is 0 Å². The topological polar surface area (TPSA) is 21.3 Å². The van der Waals surface area contributed by atoms with E-state index >= 15 is 0 Å². The number of fused-ring (bicyclic) bond motifs is 3. The molecule has 2 aliphatic heterocycles. The summed E-state index contributed by atoms with van der Waals surface area (Å²) in [6.07, 6.45) is 1.19. The lowest BCUT2D eigenvalue weighted by atomic mass is 9.87. The largest absolute Gasteiger partial charge is 0.493 e. The molecule has 1 aromatic carbocycles. The van der Waals surface area contributed by atoms with Crippen molar-refractivity contribution in [2.75, 3.05) is 19.7 Å². The van der Waals surface area contributed by atoms with Gasteiger partial charge in [0.2, 0.25) is 0 Å². The molecule has 0 spiro atoms. The van der Waals surface area contributed by atoms with Crippen molar-refractivity contribution in [2.24, 2.45) is 5.92 Å². The fourth-order valence-corrected chi connectivity index (χ4v) is 2.64. The third kappa shape index (κ3) is 1.22. The summed E-state index contributed by atoms with van der Waals surface area (Å²) in [7, 11) is 0. The molecule has 0 amide bonds.